The van der Waals surface area contributed by atoms with Gasteiger partial charge in [-0.3, -0.25) is 0 Å². The summed E-state index contributed by atoms with van der Waals surface area (Å²) in [6, 6.07) is 0. The van der Waals surface area contributed by atoms with Gasteiger partial charge in [0.05, 0.1) is 0 Å². The van der Waals surface area contributed by atoms with Crippen molar-refractivity contribution in [3.8, 4) is 0 Å². The first-order chi connectivity index (χ1) is 8.62. The molecular formula is C12H26O6. The van der Waals surface area contributed by atoms with E-state index in [9.17, 15) is 10.2 Å². The van der Waals surface area contributed by atoms with Gasteiger partial charge in [0.2, 0.25) is 0 Å². The smallest absolute Gasteiger partial charge is 0.186 e. The average Bonchev–Trinajstić information content (AvgIpc) is 2.36. The Morgan fingerprint density at radius 3 is 1.00 bits per heavy atom. The molecule has 0 saturated carbocycles. The third-order valence-electron chi connectivity index (χ3n) is 2.23. The first-order valence-corrected chi connectivity index (χ1v) is 6.44. The lowest BCUT2D eigenvalue weighted by molar-refractivity contribution is -0.261. The van der Waals surface area contributed by atoms with Gasteiger partial charge in [-0.05, 0) is 27.7 Å². The van der Waals surface area contributed by atoms with Gasteiger partial charge in [0, 0.05) is 26.4 Å². The SMILES string of the molecule is CCOC(OCC)C(O)C(O)C(OCC)OCC. The van der Waals surface area contributed by atoms with Crippen molar-refractivity contribution in [3.05, 3.63) is 0 Å². The van der Waals surface area contributed by atoms with E-state index in [1.165, 1.54) is 0 Å². The van der Waals surface area contributed by atoms with E-state index >= 15 is 0 Å². The topological polar surface area (TPSA) is 77.4 Å². The summed E-state index contributed by atoms with van der Waals surface area (Å²) in [6.45, 7) is 8.65. The molecule has 0 aromatic rings. The highest BCUT2D eigenvalue weighted by atomic mass is 16.7. The van der Waals surface area contributed by atoms with Crippen LogP contribution in [0.4, 0.5) is 0 Å². The van der Waals surface area contributed by atoms with Crippen LogP contribution in [0.3, 0.4) is 0 Å². The van der Waals surface area contributed by atoms with E-state index in [-0.39, 0.29) is 0 Å². The van der Waals surface area contributed by atoms with Gasteiger partial charge >= 0.3 is 0 Å². The van der Waals surface area contributed by atoms with Crippen LogP contribution in [0.5, 0.6) is 0 Å². The summed E-state index contributed by atoms with van der Waals surface area (Å²) in [4.78, 5) is 0. The number of rotatable bonds is 11. The van der Waals surface area contributed by atoms with Gasteiger partial charge in [-0.25, -0.2) is 0 Å². The molecule has 0 aromatic carbocycles. The highest BCUT2D eigenvalue weighted by molar-refractivity contribution is 4.74. The van der Waals surface area contributed by atoms with Crippen molar-refractivity contribution in [3.63, 3.8) is 0 Å². The zero-order chi connectivity index (χ0) is 14.0. The first kappa shape index (κ1) is 17.8. The fraction of sp³-hybridized carbons (Fsp3) is 1.00. The second kappa shape index (κ2) is 10.7. The molecule has 0 rings (SSSR count). The van der Waals surface area contributed by atoms with Crippen LogP contribution < -0.4 is 0 Å². The quantitative estimate of drug-likeness (QED) is 0.530. The Kier molecular flexibility index (Phi) is 10.5. The van der Waals surface area contributed by atoms with Gasteiger partial charge in [-0.15, -0.1) is 0 Å². The Balaban J connectivity index is 4.51. The van der Waals surface area contributed by atoms with Gasteiger partial charge in [0.1, 0.15) is 12.2 Å². The largest absolute Gasteiger partial charge is 0.385 e. The van der Waals surface area contributed by atoms with Gasteiger partial charge in [0.25, 0.3) is 0 Å². The fourth-order valence-corrected chi connectivity index (χ4v) is 1.47. The molecule has 6 heteroatoms. The van der Waals surface area contributed by atoms with E-state index in [1.54, 1.807) is 27.7 Å². The third-order valence-corrected chi connectivity index (χ3v) is 2.23. The molecule has 0 fully saturated rings. The van der Waals surface area contributed by atoms with Gasteiger partial charge < -0.3 is 29.2 Å². The lowest BCUT2D eigenvalue weighted by Crippen LogP contribution is -2.48. The Bertz CT molecular complexity index is 157. The summed E-state index contributed by atoms with van der Waals surface area (Å²) in [6.07, 6.45) is -4.24. The second-order valence-electron chi connectivity index (χ2n) is 3.54. The van der Waals surface area contributed by atoms with Crippen LogP contribution in [-0.4, -0.2) is 61.4 Å². The Morgan fingerprint density at radius 2 is 0.833 bits per heavy atom. The molecule has 0 radical (unpaired) electrons. The lowest BCUT2D eigenvalue weighted by Gasteiger charge is -2.30. The van der Waals surface area contributed by atoms with E-state index in [1.807, 2.05) is 0 Å². The Hall–Kier alpha value is -0.240. The standard InChI is InChI=1S/C12H26O6/c1-5-15-11(16-6-2)9(13)10(14)12(17-7-3)18-8-4/h9-14H,5-8H2,1-4H3. The van der Waals surface area contributed by atoms with Crippen LogP contribution in [0.25, 0.3) is 0 Å². The van der Waals surface area contributed by atoms with E-state index in [0.29, 0.717) is 26.4 Å². The minimum absolute atomic E-state index is 0.377. The van der Waals surface area contributed by atoms with Crippen molar-refractivity contribution in [2.75, 3.05) is 26.4 Å². The summed E-state index contributed by atoms with van der Waals surface area (Å²) >= 11 is 0. The highest BCUT2D eigenvalue weighted by Crippen LogP contribution is 2.13. The van der Waals surface area contributed by atoms with E-state index in [4.69, 9.17) is 18.9 Å². The van der Waals surface area contributed by atoms with Crippen molar-refractivity contribution < 1.29 is 29.2 Å². The molecule has 0 spiro atoms. The van der Waals surface area contributed by atoms with Crippen LogP contribution in [0.15, 0.2) is 0 Å². The minimum Gasteiger partial charge on any atom is -0.385 e. The number of hydrogen-bond acceptors (Lipinski definition) is 6. The van der Waals surface area contributed by atoms with Gasteiger partial charge in [-0.2, -0.15) is 0 Å². The maximum Gasteiger partial charge on any atom is 0.186 e. The number of ether oxygens (including phenoxy) is 4. The molecule has 2 unspecified atom stereocenters. The van der Waals surface area contributed by atoms with E-state index in [2.05, 4.69) is 0 Å². The van der Waals surface area contributed by atoms with Crippen LogP contribution in [0.2, 0.25) is 0 Å². The maximum atomic E-state index is 10.0. The number of hydrogen-bond donors (Lipinski definition) is 2. The molecule has 110 valence electrons. The van der Waals surface area contributed by atoms with Crippen molar-refractivity contribution >= 4 is 0 Å². The molecule has 0 amide bonds. The lowest BCUT2D eigenvalue weighted by atomic mass is 10.2. The molecule has 2 N–H and O–H groups in total. The number of aliphatic hydroxyl groups is 2. The van der Waals surface area contributed by atoms with Crippen molar-refractivity contribution in [2.24, 2.45) is 0 Å². The summed E-state index contributed by atoms with van der Waals surface area (Å²) in [5.74, 6) is 0. The van der Waals surface area contributed by atoms with Crippen molar-refractivity contribution in [2.45, 2.75) is 52.5 Å². The monoisotopic (exact) mass is 266 g/mol. The fourth-order valence-electron chi connectivity index (χ4n) is 1.47. The van der Waals surface area contributed by atoms with Crippen molar-refractivity contribution in [1.82, 2.24) is 0 Å². The molecule has 0 saturated heterocycles. The van der Waals surface area contributed by atoms with E-state index < -0.39 is 24.8 Å². The van der Waals surface area contributed by atoms with E-state index in [0.717, 1.165) is 0 Å². The zero-order valence-corrected chi connectivity index (χ0v) is 11.7. The average molecular weight is 266 g/mol. The first-order valence-electron chi connectivity index (χ1n) is 6.44. The van der Waals surface area contributed by atoms with Crippen LogP contribution in [-0.2, 0) is 18.9 Å². The molecule has 0 aliphatic carbocycles. The maximum absolute atomic E-state index is 10.0. The molecule has 18 heavy (non-hydrogen) atoms. The van der Waals surface area contributed by atoms with Gasteiger partial charge in [0.15, 0.2) is 12.6 Å². The summed E-state index contributed by atoms with van der Waals surface area (Å²) in [5.41, 5.74) is 0. The molecule has 0 bridgehead atoms. The molecule has 0 aliphatic rings. The normalized spacial score (nSPS) is 15.3. The third kappa shape index (κ3) is 6.08. The molecule has 0 aromatic heterocycles. The minimum atomic E-state index is -1.23. The summed E-state index contributed by atoms with van der Waals surface area (Å²) in [5, 5.41) is 20.0. The molecular weight excluding hydrogens is 240 g/mol. The Morgan fingerprint density at radius 1 is 0.611 bits per heavy atom. The highest BCUT2D eigenvalue weighted by Gasteiger charge is 2.34. The summed E-state index contributed by atoms with van der Waals surface area (Å²) in [7, 11) is 0. The molecule has 6 nitrogen and oxygen atoms in total. The molecule has 0 aliphatic heterocycles. The van der Waals surface area contributed by atoms with Crippen LogP contribution >= 0.6 is 0 Å². The van der Waals surface area contributed by atoms with Crippen molar-refractivity contribution in [1.29, 1.82) is 0 Å². The predicted octanol–water partition coefficient (Wildman–Crippen LogP) is 0.506. The van der Waals surface area contributed by atoms with Crippen LogP contribution in [0.1, 0.15) is 27.7 Å². The number of aliphatic hydroxyl groups excluding tert-OH is 2. The molecule has 2 atom stereocenters. The molecule has 0 heterocycles. The van der Waals surface area contributed by atoms with Crippen LogP contribution in [0, 0.1) is 0 Å². The summed E-state index contributed by atoms with van der Waals surface area (Å²) < 4.78 is 20.9. The predicted molar refractivity (Wildman–Crippen MR) is 66.1 cm³/mol. The Labute approximate surface area is 109 Å². The van der Waals surface area contributed by atoms with Gasteiger partial charge in [-0.1, -0.05) is 0 Å². The zero-order valence-electron chi connectivity index (χ0n) is 11.7. The second-order valence-corrected chi connectivity index (χ2v) is 3.54.